The van der Waals surface area contributed by atoms with Gasteiger partial charge in [-0.25, -0.2) is 0 Å². The van der Waals surface area contributed by atoms with E-state index in [1.165, 1.54) is 20.6 Å². The van der Waals surface area contributed by atoms with Crippen molar-refractivity contribution in [1.82, 2.24) is 0 Å². The number of esters is 2. The first-order valence-electron chi connectivity index (χ1n) is 7.13. The zero-order valence-corrected chi connectivity index (χ0v) is 13.7. The van der Waals surface area contributed by atoms with Crippen LogP contribution in [0.5, 0.6) is 0 Å². The van der Waals surface area contributed by atoms with E-state index in [1.807, 2.05) is 20.8 Å². The summed E-state index contributed by atoms with van der Waals surface area (Å²) in [5, 5.41) is 0. The van der Waals surface area contributed by atoms with Gasteiger partial charge < -0.3 is 9.47 Å². The molecule has 0 fully saturated rings. The highest BCUT2D eigenvalue weighted by Crippen LogP contribution is 2.08. The van der Waals surface area contributed by atoms with Gasteiger partial charge in [0.25, 0.3) is 0 Å². The molecule has 4 heteroatoms. The van der Waals surface area contributed by atoms with Crippen molar-refractivity contribution < 1.29 is 19.1 Å². The minimum absolute atomic E-state index is 0. The van der Waals surface area contributed by atoms with Gasteiger partial charge in [0, 0.05) is 6.42 Å². The molecule has 0 aliphatic carbocycles. The predicted octanol–water partition coefficient (Wildman–Crippen LogP) is 5.24. The van der Waals surface area contributed by atoms with Gasteiger partial charge >= 0.3 is 11.9 Å². The van der Waals surface area contributed by atoms with E-state index in [-0.39, 0.29) is 32.7 Å². The maximum absolute atomic E-state index is 10.8. The molecule has 0 radical (unpaired) electrons. The Balaban J connectivity index is -0.0000000643. The molecule has 0 aliphatic rings. The maximum Gasteiger partial charge on any atom is 0.308 e. The van der Waals surface area contributed by atoms with Gasteiger partial charge in [-0.2, -0.15) is 0 Å². The van der Waals surface area contributed by atoms with Crippen LogP contribution in [0.2, 0.25) is 0 Å². The van der Waals surface area contributed by atoms with Crippen LogP contribution in [0.25, 0.3) is 0 Å². The molecule has 0 aliphatic heterocycles. The highest BCUT2D eigenvalue weighted by atomic mass is 16.5. The topological polar surface area (TPSA) is 52.6 Å². The fourth-order valence-corrected chi connectivity index (χ4v) is 1.09. The second kappa shape index (κ2) is 27.3. The van der Waals surface area contributed by atoms with Gasteiger partial charge in [-0.05, 0) is 19.3 Å². The quantitative estimate of drug-likeness (QED) is 0.651. The molecule has 0 amide bonds. The lowest BCUT2D eigenvalue weighted by molar-refractivity contribution is -0.145. The van der Waals surface area contributed by atoms with Crippen LogP contribution in [0.15, 0.2) is 0 Å². The first-order chi connectivity index (χ1) is 8.98. The lowest BCUT2D eigenvalue weighted by Crippen LogP contribution is -2.13. The number of hydrogen-bond donors (Lipinski definition) is 0. The molecule has 0 rings (SSSR count). The standard InChI is InChI=1S/C7H14O2.C5H10O2.C3H8.2CH4/c1-4-6(5-2)7(8)9-3;1-3-4-5(6)7-2;1-3-2;;/h6H,4-5H2,1-3H3;3-4H2,1-2H3;3H2,1-2H3;2*1H4. The minimum Gasteiger partial charge on any atom is -0.469 e. The molecule has 0 unspecified atom stereocenters. The number of carbonyl (C=O) groups excluding carboxylic acids is 2. The van der Waals surface area contributed by atoms with Gasteiger partial charge in [0.1, 0.15) is 0 Å². The predicted molar refractivity (Wildman–Crippen MR) is 92.4 cm³/mol. The molecule has 0 aromatic carbocycles. The van der Waals surface area contributed by atoms with E-state index in [0.717, 1.165) is 19.3 Å². The van der Waals surface area contributed by atoms with Crippen LogP contribution in [0, 0.1) is 5.92 Å². The monoisotopic (exact) mass is 308 g/mol. The zero-order chi connectivity index (χ0) is 15.7. The summed E-state index contributed by atoms with van der Waals surface area (Å²) in [6.07, 6.45) is 4.41. The smallest absolute Gasteiger partial charge is 0.308 e. The van der Waals surface area contributed by atoms with Crippen LogP contribution in [0.4, 0.5) is 0 Å². The van der Waals surface area contributed by atoms with Gasteiger partial charge in [0.05, 0.1) is 20.1 Å². The molecule has 0 saturated heterocycles. The second-order valence-corrected chi connectivity index (χ2v) is 4.07. The van der Waals surface area contributed by atoms with E-state index in [2.05, 4.69) is 23.3 Å². The normalized spacial score (nSPS) is 7.81. The van der Waals surface area contributed by atoms with E-state index >= 15 is 0 Å². The molecule has 0 heterocycles. The van der Waals surface area contributed by atoms with Crippen LogP contribution in [0.3, 0.4) is 0 Å². The van der Waals surface area contributed by atoms with Gasteiger partial charge in [-0.15, -0.1) is 0 Å². The Bertz CT molecular complexity index is 199. The molecule has 21 heavy (non-hydrogen) atoms. The molecule has 0 aromatic heterocycles. The van der Waals surface area contributed by atoms with Crippen LogP contribution in [-0.2, 0) is 19.1 Å². The molecule has 0 saturated carbocycles. The van der Waals surface area contributed by atoms with E-state index < -0.39 is 0 Å². The average Bonchev–Trinajstić information content (AvgIpc) is 2.41. The van der Waals surface area contributed by atoms with Crippen LogP contribution in [-0.4, -0.2) is 26.2 Å². The van der Waals surface area contributed by atoms with Crippen molar-refractivity contribution in [2.24, 2.45) is 5.92 Å². The molecule has 4 nitrogen and oxygen atoms in total. The fourth-order valence-electron chi connectivity index (χ4n) is 1.09. The summed E-state index contributed by atoms with van der Waals surface area (Å²) >= 11 is 0. The molecule has 0 N–H and O–H groups in total. The zero-order valence-electron chi connectivity index (χ0n) is 13.7. The van der Waals surface area contributed by atoms with Gasteiger partial charge in [0.15, 0.2) is 0 Å². The van der Waals surface area contributed by atoms with E-state index in [4.69, 9.17) is 0 Å². The van der Waals surface area contributed by atoms with E-state index in [1.54, 1.807) is 0 Å². The third-order valence-electron chi connectivity index (χ3n) is 2.20. The Morgan fingerprint density at radius 2 is 1.24 bits per heavy atom. The third-order valence-corrected chi connectivity index (χ3v) is 2.20. The molecule has 0 spiro atoms. The first-order valence-corrected chi connectivity index (χ1v) is 7.13. The van der Waals surface area contributed by atoms with Crippen molar-refractivity contribution in [3.05, 3.63) is 0 Å². The average molecular weight is 309 g/mol. The Morgan fingerprint density at radius 1 is 0.857 bits per heavy atom. The van der Waals surface area contributed by atoms with E-state index in [9.17, 15) is 9.59 Å². The van der Waals surface area contributed by atoms with Crippen LogP contribution in [0.1, 0.15) is 81.6 Å². The summed E-state index contributed by atoms with van der Waals surface area (Å²) in [5.74, 6) is -0.0995. The summed E-state index contributed by atoms with van der Waals surface area (Å²) in [6.45, 7) is 10.2. The highest BCUT2D eigenvalue weighted by Gasteiger charge is 2.12. The molecular formula is C17H40O4. The molecular weight excluding hydrogens is 268 g/mol. The lowest BCUT2D eigenvalue weighted by Gasteiger charge is -2.07. The lowest BCUT2D eigenvalue weighted by atomic mass is 10.0. The van der Waals surface area contributed by atoms with E-state index in [0.29, 0.717) is 6.42 Å². The van der Waals surface area contributed by atoms with Gasteiger partial charge in [0.2, 0.25) is 0 Å². The summed E-state index contributed by atoms with van der Waals surface area (Å²) in [5.41, 5.74) is 0. The van der Waals surface area contributed by atoms with Crippen molar-refractivity contribution in [2.45, 2.75) is 81.6 Å². The molecule has 132 valence electrons. The Hall–Kier alpha value is -1.06. The first kappa shape index (κ1) is 32.0. The second-order valence-electron chi connectivity index (χ2n) is 4.07. The highest BCUT2D eigenvalue weighted by molar-refractivity contribution is 5.72. The number of ether oxygens (including phenoxy) is 2. The summed E-state index contributed by atoms with van der Waals surface area (Å²) in [6, 6.07) is 0. The van der Waals surface area contributed by atoms with Crippen molar-refractivity contribution in [1.29, 1.82) is 0 Å². The Labute approximate surface area is 133 Å². The molecule has 0 atom stereocenters. The molecule has 0 bridgehead atoms. The van der Waals surface area contributed by atoms with Crippen molar-refractivity contribution in [3.8, 4) is 0 Å². The van der Waals surface area contributed by atoms with Gasteiger partial charge in [-0.3, -0.25) is 9.59 Å². The number of hydrogen-bond acceptors (Lipinski definition) is 4. The number of carbonyl (C=O) groups is 2. The minimum atomic E-state index is -0.123. The number of methoxy groups -OCH3 is 2. The summed E-state index contributed by atoms with van der Waals surface area (Å²) < 4.78 is 8.91. The van der Waals surface area contributed by atoms with Gasteiger partial charge in [-0.1, -0.05) is 55.9 Å². The fraction of sp³-hybridized carbons (Fsp3) is 0.882. The Morgan fingerprint density at radius 3 is 1.33 bits per heavy atom. The Kier molecular flexibility index (Phi) is 41.7. The maximum atomic E-state index is 10.8. The van der Waals surface area contributed by atoms with Crippen LogP contribution < -0.4 is 0 Å². The SMILES string of the molecule is C.C.CCC.CCC(CC)C(=O)OC.CCCC(=O)OC. The summed E-state index contributed by atoms with van der Waals surface area (Å²) in [7, 11) is 2.83. The van der Waals surface area contributed by atoms with Crippen molar-refractivity contribution in [2.75, 3.05) is 14.2 Å². The molecule has 0 aromatic rings. The number of rotatable bonds is 5. The summed E-state index contributed by atoms with van der Waals surface area (Å²) in [4.78, 5) is 20.9. The van der Waals surface area contributed by atoms with Crippen molar-refractivity contribution in [3.63, 3.8) is 0 Å². The third kappa shape index (κ3) is 28.0. The van der Waals surface area contributed by atoms with Crippen LogP contribution >= 0.6 is 0 Å². The largest absolute Gasteiger partial charge is 0.469 e. The van der Waals surface area contributed by atoms with Crippen molar-refractivity contribution >= 4 is 11.9 Å².